The number of rotatable bonds is 3. The first-order valence-electron chi connectivity index (χ1n) is 9.37. The fourth-order valence-electron chi connectivity index (χ4n) is 4.32. The molecule has 5 heteroatoms. The fraction of sp³-hybridized carbons (Fsp3) is 0.684. The Hall–Kier alpha value is -1.20. The minimum atomic E-state index is 0.601. The number of piperidine rings is 1. The molecular formula is C19H28N4S. The molecule has 0 spiro atoms. The zero-order valence-corrected chi connectivity index (χ0v) is 15.9. The van der Waals surface area contributed by atoms with E-state index in [4.69, 9.17) is 4.98 Å². The number of anilines is 1. The topological polar surface area (TPSA) is 32.3 Å². The molecule has 2 aliphatic rings. The van der Waals surface area contributed by atoms with E-state index in [0.29, 0.717) is 6.04 Å². The number of hydrogen-bond acceptors (Lipinski definition) is 5. The summed E-state index contributed by atoms with van der Waals surface area (Å²) in [6.07, 6.45) is 7.94. The Bertz CT molecular complexity index is 717. The highest BCUT2D eigenvalue weighted by molar-refractivity contribution is 7.19. The molecule has 1 aliphatic heterocycles. The van der Waals surface area contributed by atoms with Crippen LogP contribution in [-0.4, -0.2) is 47.6 Å². The van der Waals surface area contributed by atoms with Crippen LogP contribution in [0.4, 0.5) is 5.82 Å². The number of fused-ring (bicyclic) bond motifs is 3. The molecule has 1 atom stereocenters. The van der Waals surface area contributed by atoms with Crippen LogP contribution in [0.25, 0.3) is 10.2 Å². The third kappa shape index (κ3) is 2.82. The lowest BCUT2D eigenvalue weighted by Crippen LogP contribution is -2.43. The van der Waals surface area contributed by atoms with E-state index in [1.165, 1.54) is 67.8 Å². The lowest BCUT2D eigenvalue weighted by molar-refractivity contribution is 0.220. The van der Waals surface area contributed by atoms with Crippen molar-refractivity contribution in [2.45, 2.75) is 52.0 Å². The molecule has 0 saturated carbocycles. The van der Waals surface area contributed by atoms with Crippen molar-refractivity contribution in [3.63, 3.8) is 0 Å². The van der Waals surface area contributed by atoms with Gasteiger partial charge in [-0.1, -0.05) is 13.8 Å². The maximum Gasteiger partial charge on any atom is 0.141 e. The Balaban J connectivity index is 1.67. The Morgan fingerprint density at radius 3 is 2.79 bits per heavy atom. The van der Waals surface area contributed by atoms with Crippen molar-refractivity contribution in [2.75, 3.05) is 31.6 Å². The van der Waals surface area contributed by atoms with Gasteiger partial charge in [0.15, 0.2) is 0 Å². The standard InChI is InChI=1S/C19H28N4S/c1-4-23-9-7-14(8-10-23)22(3)18-17-15-6-5-13(2)11-16(15)24-19(17)21-12-20-18/h12-14H,4-11H2,1-3H3/t13-/m1/s1. The van der Waals surface area contributed by atoms with Crippen molar-refractivity contribution in [1.29, 1.82) is 0 Å². The van der Waals surface area contributed by atoms with Gasteiger partial charge in [0.1, 0.15) is 17.0 Å². The molecule has 2 aromatic rings. The largest absolute Gasteiger partial charge is 0.356 e. The Morgan fingerprint density at radius 1 is 1.25 bits per heavy atom. The number of aromatic nitrogens is 2. The Morgan fingerprint density at radius 2 is 2.04 bits per heavy atom. The second-order valence-electron chi connectivity index (χ2n) is 7.51. The van der Waals surface area contributed by atoms with Crippen LogP contribution >= 0.6 is 11.3 Å². The maximum atomic E-state index is 4.73. The second-order valence-corrected chi connectivity index (χ2v) is 8.59. The van der Waals surface area contributed by atoms with Crippen molar-refractivity contribution < 1.29 is 0 Å². The number of likely N-dealkylation sites (tertiary alicyclic amines) is 1. The van der Waals surface area contributed by atoms with Crippen molar-refractivity contribution in [1.82, 2.24) is 14.9 Å². The van der Waals surface area contributed by atoms with Crippen LogP contribution in [0.1, 0.15) is 43.6 Å². The molecule has 0 N–H and O–H groups in total. The number of thiophene rings is 1. The Labute approximate surface area is 148 Å². The van der Waals surface area contributed by atoms with Gasteiger partial charge in [0.05, 0.1) is 5.39 Å². The molecule has 0 aromatic carbocycles. The zero-order chi connectivity index (χ0) is 16.7. The molecule has 0 bridgehead atoms. The minimum absolute atomic E-state index is 0.601. The maximum absolute atomic E-state index is 4.73. The van der Waals surface area contributed by atoms with Crippen LogP contribution in [0, 0.1) is 5.92 Å². The van der Waals surface area contributed by atoms with Gasteiger partial charge in [-0.15, -0.1) is 11.3 Å². The van der Waals surface area contributed by atoms with Gasteiger partial charge in [-0.25, -0.2) is 9.97 Å². The highest BCUT2D eigenvalue weighted by Crippen LogP contribution is 2.41. The van der Waals surface area contributed by atoms with Gasteiger partial charge in [0.2, 0.25) is 0 Å². The molecule has 0 unspecified atom stereocenters. The summed E-state index contributed by atoms with van der Waals surface area (Å²) < 4.78 is 0. The third-order valence-corrected chi connectivity index (χ3v) is 7.12. The molecule has 1 fully saturated rings. The molecule has 0 radical (unpaired) electrons. The van der Waals surface area contributed by atoms with Crippen LogP contribution in [0.2, 0.25) is 0 Å². The fourth-order valence-corrected chi connectivity index (χ4v) is 5.67. The van der Waals surface area contributed by atoms with Gasteiger partial charge in [0.25, 0.3) is 0 Å². The summed E-state index contributed by atoms with van der Waals surface area (Å²) in [5, 5.41) is 1.35. The second kappa shape index (κ2) is 6.60. The van der Waals surface area contributed by atoms with E-state index in [9.17, 15) is 0 Å². The van der Waals surface area contributed by atoms with Crippen molar-refractivity contribution in [3.05, 3.63) is 16.8 Å². The third-order valence-electron chi connectivity index (χ3n) is 5.96. The summed E-state index contributed by atoms with van der Waals surface area (Å²) in [5.41, 5.74) is 1.54. The molecule has 1 saturated heterocycles. The quantitative estimate of drug-likeness (QED) is 0.849. The molecule has 4 nitrogen and oxygen atoms in total. The first kappa shape index (κ1) is 16.3. The summed E-state index contributed by atoms with van der Waals surface area (Å²) >= 11 is 1.90. The summed E-state index contributed by atoms with van der Waals surface area (Å²) in [4.78, 5) is 17.1. The van der Waals surface area contributed by atoms with Crippen molar-refractivity contribution in [3.8, 4) is 0 Å². The van der Waals surface area contributed by atoms with E-state index in [2.05, 4.69) is 35.7 Å². The Kier molecular flexibility index (Phi) is 4.48. The minimum Gasteiger partial charge on any atom is -0.356 e. The predicted octanol–water partition coefficient (Wildman–Crippen LogP) is 3.74. The zero-order valence-electron chi connectivity index (χ0n) is 15.1. The monoisotopic (exact) mass is 344 g/mol. The van der Waals surface area contributed by atoms with Crippen molar-refractivity contribution >= 4 is 27.4 Å². The average molecular weight is 345 g/mol. The molecule has 4 rings (SSSR count). The lowest BCUT2D eigenvalue weighted by Gasteiger charge is -2.37. The van der Waals surface area contributed by atoms with Crippen LogP contribution in [0.5, 0.6) is 0 Å². The highest BCUT2D eigenvalue weighted by atomic mass is 32.1. The number of nitrogens with zero attached hydrogens (tertiary/aromatic N) is 4. The summed E-state index contributed by atoms with van der Waals surface area (Å²) in [7, 11) is 2.24. The molecular weight excluding hydrogens is 316 g/mol. The smallest absolute Gasteiger partial charge is 0.141 e. The van der Waals surface area contributed by atoms with E-state index in [1.807, 2.05) is 11.3 Å². The van der Waals surface area contributed by atoms with Crippen molar-refractivity contribution in [2.24, 2.45) is 5.92 Å². The lowest BCUT2D eigenvalue weighted by atomic mass is 9.89. The van der Waals surface area contributed by atoms with Gasteiger partial charge in [0, 0.05) is 31.1 Å². The molecule has 3 heterocycles. The van der Waals surface area contributed by atoms with Crippen LogP contribution < -0.4 is 4.90 Å². The van der Waals surface area contributed by atoms with E-state index in [-0.39, 0.29) is 0 Å². The SMILES string of the molecule is CCN1CCC(N(C)c2ncnc3sc4c(c23)CC[C@@H](C)C4)CC1. The van der Waals surface area contributed by atoms with E-state index >= 15 is 0 Å². The van der Waals surface area contributed by atoms with Crippen LogP contribution in [0.3, 0.4) is 0 Å². The van der Waals surface area contributed by atoms with Crippen LogP contribution in [-0.2, 0) is 12.8 Å². The summed E-state index contributed by atoms with van der Waals surface area (Å²) in [6, 6.07) is 0.601. The molecule has 0 amide bonds. The average Bonchev–Trinajstić information content (AvgIpc) is 2.98. The summed E-state index contributed by atoms with van der Waals surface area (Å²) in [5.74, 6) is 1.97. The predicted molar refractivity (Wildman–Crippen MR) is 102 cm³/mol. The van der Waals surface area contributed by atoms with Gasteiger partial charge in [-0.3, -0.25) is 0 Å². The number of aryl methyl sites for hydroxylation is 1. The van der Waals surface area contributed by atoms with Gasteiger partial charge < -0.3 is 9.80 Å². The van der Waals surface area contributed by atoms with E-state index < -0.39 is 0 Å². The number of hydrogen-bond donors (Lipinski definition) is 0. The molecule has 2 aromatic heterocycles. The molecule has 130 valence electrons. The van der Waals surface area contributed by atoms with Gasteiger partial charge in [-0.2, -0.15) is 0 Å². The van der Waals surface area contributed by atoms with Gasteiger partial charge >= 0.3 is 0 Å². The molecule has 1 aliphatic carbocycles. The first-order chi connectivity index (χ1) is 11.7. The first-order valence-corrected chi connectivity index (χ1v) is 10.2. The van der Waals surface area contributed by atoms with Gasteiger partial charge in [-0.05, 0) is 50.1 Å². The van der Waals surface area contributed by atoms with E-state index in [1.54, 1.807) is 16.8 Å². The summed E-state index contributed by atoms with van der Waals surface area (Å²) in [6.45, 7) is 8.21. The normalized spacial score (nSPS) is 22.7. The van der Waals surface area contributed by atoms with E-state index in [0.717, 1.165) is 5.92 Å². The van der Waals surface area contributed by atoms with Crippen LogP contribution in [0.15, 0.2) is 6.33 Å². The molecule has 24 heavy (non-hydrogen) atoms. The highest BCUT2D eigenvalue weighted by Gasteiger charge is 2.27.